The predicted molar refractivity (Wildman–Crippen MR) is 130 cm³/mol. The average Bonchev–Trinajstić information content (AvgIpc) is 3.32. The summed E-state index contributed by atoms with van der Waals surface area (Å²) in [6.45, 7) is 6.04. The second kappa shape index (κ2) is 11.0. The Kier molecular flexibility index (Phi) is 7.56. The number of nitrogens with zero attached hydrogens (tertiary/aromatic N) is 4. The molecule has 2 N–H and O–H groups in total. The minimum atomic E-state index is 0.441. The van der Waals surface area contributed by atoms with E-state index in [1.165, 1.54) is 16.7 Å². The first kappa shape index (κ1) is 22.1. The van der Waals surface area contributed by atoms with E-state index in [-0.39, 0.29) is 0 Å². The van der Waals surface area contributed by atoms with E-state index in [0.29, 0.717) is 12.1 Å². The lowest BCUT2D eigenvalue weighted by atomic mass is 9.97. The first-order chi connectivity index (χ1) is 15.7. The van der Waals surface area contributed by atoms with Gasteiger partial charge in [-0.1, -0.05) is 54.6 Å². The van der Waals surface area contributed by atoms with Crippen LogP contribution in [0.15, 0.2) is 78.3 Å². The standard InChI is InChI=1S/C26H34N6/c1-21-15-25(11-13-32(21)19-22-7-4-3-5-8-22)30-26(27-2)29-17-23-9-6-10-24(16-23)18-31-14-12-28-20-31/h3-10,12,14,16,20-21,25H,11,13,15,17-19H2,1-2H3,(H2,27,29,30). The summed E-state index contributed by atoms with van der Waals surface area (Å²) in [5.41, 5.74) is 3.90. The fraction of sp³-hybridized carbons (Fsp3) is 0.385. The molecule has 2 atom stereocenters. The zero-order valence-corrected chi connectivity index (χ0v) is 19.1. The molecule has 0 radical (unpaired) electrons. The number of piperidine rings is 1. The number of aromatic nitrogens is 2. The molecule has 168 valence electrons. The summed E-state index contributed by atoms with van der Waals surface area (Å²) >= 11 is 0. The molecule has 2 unspecified atom stereocenters. The van der Waals surface area contributed by atoms with Crippen LogP contribution in [0.5, 0.6) is 0 Å². The summed E-state index contributed by atoms with van der Waals surface area (Å²) < 4.78 is 2.08. The van der Waals surface area contributed by atoms with Crippen LogP contribution in [0.4, 0.5) is 0 Å². The maximum atomic E-state index is 4.46. The van der Waals surface area contributed by atoms with Gasteiger partial charge in [-0.25, -0.2) is 4.98 Å². The largest absolute Gasteiger partial charge is 0.354 e. The Bertz CT molecular complexity index is 983. The SMILES string of the molecule is CN=C(NCc1cccc(Cn2ccnc2)c1)NC1CCN(Cc2ccccc2)C(C)C1. The molecular formula is C26H34N6. The molecule has 0 bridgehead atoms. The van der Waals surface area contributed by atoms with Crippen LogP contribution in [-0.2, 0) is 19.6 Å². The molecule has 0 saturated carbocycles. The Balaban J connectivity index is 1.25. The monoisotopic (exact) mass is 430 g/mol. The summed E-state index contributed by atoms with van der Waals surface area (Å²) in [6.07, 6.45) is 7.89. The molecule has 32 heavy (non-hydrogen) atoms. The molecule has 3 aromatic rings. The molecule has 6 heteroatoms. The van der Waals surface area contributed by atoms with E-state index in [1.807, 2.05) is 25.8 Å². The predicted octanol–water partition coefficient (Wildman–Crippen LogP) is 3.65. The van der Waals surface area contributed by atoms with Gasteiger partial charge in [0.2, 0.25) is 0 Å². The Morgan fingerprint density at radius 2 is 1.88 bits per heavy atom. The Hall–Kier alpha value is -3.12. The van der Waals surface area contributed by atoms with Gasteiger partial charge in [0.1, 0.15) is 0 Å². The molecule has 1 fully saturated rings. The highest BCUT2D eigenvalue weighted by Crippen LogP contribution is 2.20. The molecule has 6 nitrogen and oxygen atoms in total. The van der Waals surface area contributed by atoms with Crippen LogP contribution in [0, 0.1) is 0 Å². The van der Waals surface area contributed by atoms with E-state index >= 15 is 0 Å². The third-order valence-electron chi connectivity index (χ3n) is 6.18. The van der Waals surface area contributed by atoms with Crippen LogP contribution in [-0.4, -0.2) is 46.1 Å². The lowest BCUT2D eigenvalue weighted by Gasteiger charge is -2.38. The number of rotatable bonds is 7. The van der Waals surface area contributed by atoms with Crippen molar-refractivity contribution in [2.45, 2.75) is 51.5 Å². The van der Waals surface area contributed by atoms with Gasteiger partial charge in [-0.2, -0.15) is 0 Å². The average molecular weight is 431 g/mol. The van der Waals surface area contributed by atoms with Gasteiger partial charge in [0, 0.05) is 57.7 Å². The number of benzene rings is 2. The van der Waals surface area contributed by atoms with E-state index in [0.717, 1.165) is 45.0 Å². The number of nitrogens with one attached hydrogen (secondary N) is 2. The van der Waals surface area contributed by atoms with Crippen LogP contribution < -0.4 is 10.6 Å². The van der Waals surface area contributed by atoms with Crippen LogP contribution in [0.3, 0.4) is 0 Å². The van der Waals surface area contributed by atoms with E-state index in [2.05, 4.69) is 91.6 Å². The second-order valence-corrected chi connectivity index (χ2v) is 8.65. The van der Waals surface area contributed by atoms with Crippen molar-refractivity contribution in [3.05, 3.63) is 90.0 Å². The highest BCUT2D eigenvalue weighted by Gasteiger charge is 2.25. The number of hydrogen-bond acceptors (Lipinski definition) is 3. The van der Waals surface area contributed by atoms with Gasteiger partial charge >= 0.3 is 0 Å². The lowest BCUT2D eigenvalue weighted by molar-refractivity contribution is 0.134. The first-order valence-electron chi connectivity index (χ1n) is 11.5. The minimum absolute atomic E-state index is 0.441. The van der Waals surface area contributed by atoms with Crippen LogP contribution in [0.25, 0.3) is 0 Å². The third-order valence-corrected chi connectivity index (χ3v) is 6.18. The Morgan fingerprint density at radius 1 is 1.06 bits per heavy atom. The smallest absolute Gasteiger partial charge is 0.191 e. The van der Waals surface area contributed by atoms with Gasteiger partial charge in [-0.15, -0.1) is 0 Å². The van der Waals surface area contributed by atoms with Crippen molar-refractivity contribution in [2.24, 2.45) is 4.99 Å². The molecule has 1 aromatic heterocycles. The minimum Gasteiger partial charge on any atom is -0.354 e. The molecule has 0 spiro atoms. The fourth-order valence-electron chi connectivity index (χ4n) is 4.41. The number of hydrogen-bond donors (Lipinski definition) is 2. The molecule has 1 aliphatic rings. The van der Waals surface area contributed by atoms with E-state index in [4.69, 9.17) is 0 Å². The van der Waals surface area contributed by atoms with E-state index < -0.39 is 0 Å². The van der Waals surface area contributed by atoms with Crippen molar-refractivity contribution in [2.75, 3.05) is 13.6 Å². The second-order valence-electron chi connectivity index (χ2n) is 8.65. The summed E-state index contributed by atoms with van der Waals surface area (Å²) in [6, 6.07) is 20.4. The topological polar surface area (TPSA) is 57.5 Å². The van der Waals surface area contributed by atoms with Crippen molar-refractivity contribution in [1.82, 2.24) is 25.1 Å². The highest BCUT2D eigenvalue weighted by molar-refractivity contribution is 5.80. The van der Waals surface area contributed by atoms with Crippen LogP contribution >= 0.6 is 0 Å². The van der Waals surface area contributed by atoms with E-state index in [9.17, 15) is 0 Å². The molecule has 1 saturated heterocycles. The van der Waals surface area contributed by atoms with Gasteiger partial charge in [0.15, 0.2) is 5.96 Å². The third kappa shape index (κ3) is 6.20. The molecule has 4 rings (SSSR count). The van der Waals surface area contributed by atoms with E-state index in [1.54, 1.807) is 0 Å². The van der Waals surface area contributed by atoms with Crippen molar-refractivity contribution in [1.29, 1.82) is 0 Å². The molecule has 2 aromatic carbocycles. The Morgan fingerprint density at radius 3 is 2.62 bits per heavy atom. The fourth-order valence-corrected chi connectivity index (χ4v) is 4.41. The summed E-state index contributed by atoms with van der Waals surface area (Å²) in [7, 11) is 1.85. The van der Waals surface area contributed by atoms with Gasteiger partial charge in [0.25, 0.3) is 0 Å². The van der Waals surface area contributed by atoms with Crippen LogP contribution in [0.1, 0.15) is 36.5 Å². The zero-order valence-electron chi connectivity index (χ0n) is 19.1. The number of guanidine groups is 1. The molecule has 0 amide bonds. The number of imidazole rings is 1. The van der Waals surface area contributed by atoms with Crippen molar-refractivity contribution >= 4 is 5.96 Å². The van der Waals surface area contributed by atoms with Gasteiger partial charge in [-0.3, -0.25) is 9.89 Å². The van der Waals surface area contributed by atoms with Crippen molar-refractivity contribution in [3.8, 4) is 0 Å². The molecule has 2 heterocycles. The maximum Gasteiger partial charge on any atom is 0.191 e. The molecule has 1 aliphatic heterocycles. The number of likely N-dealkylation sites (tertiary alicyclic amines) is 1. The summed E-state index contributed by atoms with van der Waals surface area (Å²) in [4.78, 5) is 11.2. The normalized spacial score (nSPS) is 19.6. The zero-order chi connectivity index (χ0) is 22.2. The first-order valence-corrected chi connectivity index (χ1v) is 11.5. The van der Waals surface area contributed by atoms with Gasteiger partial charge in [-0.05, 0) is 36.5 Å². The summed E-state index contributed by atoms with van der Waals surface area (Å²) in [5.74, 6) is 0.874. The van der Waals surface area contributed by atoms with Crippen LogP contribution in [0.2, 0.25) is 0 Å². The number of aliphatic imine (C=N–C) groups is 1. The summed E-state index contributed by atoms with van der Waals surface area (Å²) in [5, 5.41) is 7.13. The molecule has 0 aliphatic carbocycles. The quantitative estimate of drug-likeness (QED) is 0.444. The molecular weight excluding hydrogens is 396 g/mol. The van der Waals surface area contributed by atoms with Gasteiger partial charge < -0.3 is 15.2 Å². The maximum absolute atomic E-state index is 4.46. The lowest BCUT2D eigenvalue weighted by Crippen LogP contribution is -2.51. The van der Waals surface area contributed by atoms with Crippen molar-refractivity contribution < 1.29 is 0 Å². The van der Waals surface area contributed by atoms with Gasteiger partial charge in [0.05, 0.1) is 6.33 Å². The van der Waals surface area contributed by atoms with Crippen molar-refractivity contribution in [3.63, 3.8) is 0 Å². The Labute approximate surface area is 191 Å². The highest BCUT2D eigenvalue weighted by atomic mass is 15.2.